The van der Waals surface area contributed by atoms with Crippen molar-refractivity contribution in [2.45, 2.75) is 13.5 Å². The molecule has 0 spiro atoms. The van der Waals surface area contributed by atoms with E-state index in [2.05, 4.69) is 15.3 Å². The Morgan fingerprint density at radius 2 is 2.19 bits per heavy atom. The number of nitrogens with zero attached hydrogens (tertiary/aromatic N) is 2. The predicted molar refractivity (Wildman–Crippen MR) is 87.4 cm³/mol. The summed E-state index contributed by atoms with van der Waals surface area (Å²) in [6, 6.07) is 7.95. The van der Waals surface area contributed by atoms with Gasteiger partial charge in [-0.05, 0) is 25.1 Å². The third-order valence-corrected chi connectivity index (χ3v) is 4.62. The van der Waals surface area contributed by atoms with Gasteiger partial charge in [0.25, 0.3) is 0 Å². The van der Waals surface area contributed by atoms with Gasteiger partial charge in [0.2, 0.25) is 5.91 Å². The molecule has 0 unspecified atom stereocenters. The van der Waals surface area contributed by atoms with Gasteiger partial charge in [-0.1, -0.05) is 12.1 Å². The Labute approximate surface area is 130 Å². The maximum atomic E-state index is 11.8. The lowest BCUT2D eigenvalue weighted by atomic mass is 10.3. The minimum Gasteiger partial charge on any atom is -0.346 e. The number of carbonyl (C=O) groups excluding carboxylic acids is 1. The van der Waals surface area contributed by atoms with Crippen LogP contribution in [0.3, 0.4) is 0 Å². The van der Waals surface area contributed by atoms with E-state index in [1.165, 1.54) is 6.08 Å². The maximum absolute atomic E-state index is 11.8. The van der Waals surface area contributed by atoms with E-state index < -0.39 is 0 Å². The molecule has 0 radical (unpaired) electrons. The fraction of sp³-hybridized carbons (Fsp3) is 0.133. The van der Waals surface area contributed by atoms with Gasteiger partial charge >= 0.3 is 0 Å². The van der Waals surface area contributed by atoms with Crippen LogP contribution in [0, 0.1) is 6.92 Å². The van der Waals surface area contributed by atoms with Crippen LogP contribution in [0.4, 0.5) is 0 Å². The molecule has 0 saturated carbocycles. The Morgan fingerprint density at radius 3 is 2.95 bits per heavy atom. The SMILES string of the molecule is Cc1nc(/C=C/C(=O)NCc2nc3ccccc3s2)cs1. The number of benzene rings is 1. The molecular weight excluding hydrogens is 302 g/mol. The maximum Gasteiger partial charge on any atom is 0.244 e. The van der Waals surface area contributed by atoms with Gasteiger partial charge in [0.1, 0.15) is 5.01 Å². The van der Waals surface area contributed by atoms with Crippen molar-refractivity contribution >= 4 is 44.9 Å². The van der Waals surface area contributed by atoms with Crippen molar-refractivity contribution in [1.29, 1.82) is 0 Å². The molecule has 0 bridgehead atoms. The van der Waals surface area contributed by atoms with Crippen LogP contribution in [0.1, 0.15) is 15.7 Å². The molecule has 21 heavy (non-hydrogen) atoms. The largest absolute Gasteiger partial charge is 0.346 e. The molecule has 2 heterocycles. The van der Waals surface area contributed by atoms with Gasteiger partial charge in [0.15, 0.2) is 0 Å². The highest BCUT2D eigenvalue weighted by Crippen LogP contribution is 2.21. The van der Waals surface area contributed by atoms with Crippen LogP contribution in [0.2, 0.25) is 0 Å². The first kappa shape index (κ1) is 13.9. The van der Waals surface area contributed by atoms with Crippen LogP contribution in [-0.2, 0) is 11.3 Å². The lowest BCUT2D eigenvalue weighted by Crippen LogP contribution is -2.20. The van der Waals surface area contributed by atoms with Crippen molar-refractivity contribution < 1.29 is 4.79 Å². The van der Waals surface area contributed by atoms with Crippen LogP contribution < -0.4 is 5.32 Å². The molecule has 1 aromatic carbocycles. The summed E-state index contributed by atoms with van der Waals surface area (Å²) in [6.07, 6.45) is 3.22. The normalized spacial score (nSPS) is 11.3. The lowest BCUT2D eigenvalue weighted by molar-refractivity contribution is -0.116. The van der Waals surface area contributed by atoms with E-state index >= 15 is 0 Å². The van der Waals surface area contributed by atoms with Gasteiger partial charge in [0.05, 0.1) is 27.5 Å². The van der Waals surface area contributed by atoms with Gasteiger partial charge in [-0.25, -0.2) is 9.97 Å². The number of thiazole rings is 2. The van der Waals surface area contributed by atoms with Gasteiger partial charge in [-0.3, -0.25) is 4.79 Å². The van der Waals surface area contributed by atoms with Gasteiger partial charge < -0.3 is 5.32 Å². The Bertz CT molecular complexity index is 771. The third kappa shape index (κ3) is 3.53. The zero-order valence-corrected chi connectivity index (χ0v) is 13.0. The summed E-state index contributed by atoms with van der Waals surface area (Å²) in [4.78, 5) is 20.5. The van der Waals surface area contributed by atoms with Gasteiger partial charge in [0, 0.05) is 11.5 Å². The quantitative estimate of drug-likeness (QED) is 0.751. The molecule has 1 N–H and O–H groups in total. The Hall–Kier alpha value is -2.05. The highest BCUT2D eigenvalue weighted by Gasteiger charge is 2.04. The Kier molecular flexibility index (Phi) is 4.08. The molecule has 106 valence electrons. The Balaban J connectivity index is 1.59. The fourth-order valence-electron chi connectivity index (χ4n) is 1.83. The first-order chi connectivity index (χ1) is 10.2. The summed E-state index contributed by atoms with van der Waals surface area (Å²) in [5, 5.41) is 6.65. The van der Waals surface area contributed by atoms with Gasteiger partial charge in [-0.15, -0.1) is 22.7 Å². The van der Waals surface area contributed by atoms with E-state index in [9.17, 15) is 4.79 Å². The van der Waals surface area contributed by atoms with Crippen molar-refractivity contribution in [3.05, 3.63) is 51.4 Å². The number of para-hydroxylation sites is 1. The van der Waals surface area contributed by atoms with E-state index in [4.69, 9.17) is 0 Å². The fourth-order valence-corrected chi connectivity index (χ4v) is 3.32. The molecule has 0 aliphatic carbocycles. The van der Waals surface area contributed by atoms with Crippen molar-refractivity contribution in [2.75, 3.05) is 0 Å². The minimum absolute atomic E-state index is 0.139. The molecule has 0 fully saturated rings. The van der Waals surface area contributed by atoms with E-state index in [0.717, 1.165) is 25.9 Å². The molecule has 1 amide bonds. The summed E-state index contributed by atoms with van der Waals surface area (Å²) >= 11 is 3.16. The second-order valence-electron chi connectivity index (χ2n) is 4.42. The van der Waals surface area contributed by atoms with E-state index in [1.807, 2.05) is 36.6 Å². The number of hydrogen-bond donors (Lipinski definition) is 1. The average molecular weight is 315 g/mol. The second-order valence-corrected chi connectivity index (χ2v) is 6.60. The van der Waals surface area contributed by atoms with E-state index in [1.54, 1.807) is 28.7 Å². The summed E-state index contributed by atoms with van der Waals surface area (Å²) in [5.74, 6) is -0.139. The number of hydrogen-bond acceptors (Lipinski definition) is 5. The molecule has 0 atom stereocenters. The first-order valence-corrected chi connectivity index (χ1v) is 8.13. The highest BCUT2D eigenvalue weighted by molar-refractivity contribution is 7.18. The molecule has 6 heteroatoms. The molecule has 0 aliphatic heterocycles. The van der Waals surface area contributed by atoms with E-state index in [-0.39, 0.29) is 5.91 Å². The molecule has 0 aliphatic rings. The summed E-state index contributed by atoms with van der Waals surface area (Å²) in [7, 11) is 0. The molecule has 3 rings (SSSR count). The average Bonchev–Trinajstić information content (AvgIpc) is 3.08. The smallest absolute Gasteiger partial charge is 0.244 e. The number of rotatable bonds is 4. The zero-order chi connectivity index (χ0) is 14.7. The van der Waals surface area contributed by atoms with Crippen molar-refractivity contribution in [3.63, 3.8) is 0 Å². The molecule has 2 aromatic heterocycles. The number of nitrogens with one attached hydrogen (secondary N) is 1. The lowest BCUT2D eigenvalue weighted by Gasteiger charge is -1.97. The van der Waals surface area contributed by atoms with Crippen LogP contribution in [0.15, 0.2) is 35.7 Å². The summed E-state index contributed by atoms with van der Waals surface area (Å²) in [5.41, 5.74) is 1.79. The number of fused-ring (bicyclic) bond motifs is 1. The van der Waals surface area contributed by atoms with Crippen LogP contribution >= 0.6 is 22.7 Å². The third-order valence-electron chi connectivity index (χ3n) is 2.79. The Morgan fingerprint density at radius 1 is 1.33 bits per heavy atom. The van der Waals surface area contributed by atoms with Crippen molar-refractivity contribution in [2.24, 2.45) is 0 Å². The van der Waals surface area contributed by atoms with Crippen LogP contribution in [-0.4, -0.2) is 15.9 Å². The predicted octanol–water partition coefficient (Wildman–Crippen LogP) is 3.39. The van der Waals surface area contributed by atoms with E-state index in [0.29, 0.717) is 6.54 Å². The van der Waals surface area contributed by atoms with Crippen molar-refractivity contribution in [1.82, 2.24) is 15.3 Å². The summed E-state index contributed by atoms with van der Waals surface area (Å²) < 4.78 is 1.13. The topological polar surface area (TPSA) is 54.9 Å². The zero-order valence-electron chi connectivity index (χ0n) is 11.4. The van der Waals surface area contributed by atoms with Crippen LogP contribution in [0.5, 0.6) is 0 Å². The molecule has 4 nitrogen and oxygen atoms in total. The second kappa shape index (κ2) is 6.15. The molecule has 0 saturated heterocycles. The van der Waals surface area contributed by atoms with Crippen LogP contribution in [0.25, 0.3) is 16.3 Å². The molecular formula is C15H13N3OS2. The standard InChI is InChI=1S/C15H13N3OS2/c1-10-17-11(9-20-10)6-7-14(19)16-8-15-18-12-4-2-3-5-13(12)21-15/h2-7,9H,8H2,1H3,(H,16,19)/b7-6+. The number of aromatic nitrogens is 2. The number of carbonyl (C=O) groups is 1. The van der Waals surface area contributed by atoms with Crippen molar-refractivity contribution in [3.8, 4) is 0 Å². The molecule has 3 aromatic rings. The summed E-state index contributed by atoms with van der Waals surface area (Å²) in [6.45, 7) is 2.38. The highest BCUT2D eigenvalue weighted by atomic mass is 32.1. The van der Waals surface area contributed by atoms with Gasteiger partial charge in [-0.2, -0.15) is 0 Å². The first-order valence-electron chi connectivity index (χ1n) is 6.43. The minimum atomic E-state index is -0.139. The number of aryl methyl sites for hydroxylation is 1. The number of amides is 1. The monoisotopic (exact) mass is 315 g/mol.